The van der Waals surface area contributed by atoms with Gasteiger partial charge in [-0.15, -0.1) is 0 Å². The van der Waals surface area contributed by atoms with E-state index in [1.54, 1.807) is 13.8 Å². The molecule has 0 aliphatic carbocycles. The molecule has 0 saturated heterocycles. The average Bonchev–Trinajstić information content (AvgIpc) is 2.02. The smallest absolute Gasteiger partial charge is 0.306 e. The zero-order chi connectivity index (χ0) is 10.3. The molecule has 0 fully saturated rings. The van der Waals surface area contributed by atoms with E-state index in [-0.39, 0.29) is 13.2 Å². The van der Waals surface area contributed by atoms with Crippen LogP contribution in [0.1, 0.15) is 20.8 Å². The highest BCUT2D eigenvalue weighted by atomic mass is 31.2. The molecule has 1 atom stereocenters. The molecule has 13 heavy (non-hydrogen) atoms. The largest absolute Gasteiger partial charge is 0.353 e. The van der Waals surface area contributed by atoms with Crippen molar-refractivity contribution in [3.63, 3.8) is 0 Å². The van der Waals surface area contributed by atoms with Crippen LogP contribution in [0.4, 0.5) is 4.39 Å². The maximum Gasteiger partial charge on any atom is 0.353 e. The molecular formula is C8H16FO3P. The van der Waals surface area contributed by atoms with Gasteiger partial charge in [0.1, 0.15) is 6.17 Å². The van der Waals surface area contributed by atoms with Crippen molar-refractivity contribution in [2.24, 2.45) is 0 Å². The van der Waals surface area contributed by atoms with Gasteiger partial charge in [0.25, 0.3) is 0 Å². The molecule has 0 radical (unpaired) electrons. The topological polar surface area (TPSA) is 35.5 Å². The maximum absolute atomic E-state index is 12.4. The first-order chi connectivity index (χ1) is 6.04. The van der Waals surface area contributed by atoms with Crippen LogP contribution in [0.5, 0.6) is 0 Å². The number of hydrogen-bond donors (Lipinski definition) is 0. The van der Waals surface area contributed by atoms with Crippen LogP contribution in [0.3, 0.4) is 0 Å². The van der Waals surface area contributed by atoms with Crippen molar-refractivity contribution >= 4 is 7.60 Å². The molecule has 0 aliphatic heterocycles. The monoisotopic (exact) mass is 210 g/mol. The number of halogens is 1. The highest BCUT2D eigenvalue weighted by molar-refractivity contribution is 7.57. The van der Waals surface area contributed by atoms with E-state index in [1.165, 1.54) is 18.8 Å². The molecule has 5 heteroatoms. The van der Waals surface area contributed by atoms with E-state index in [1.807, 2.05) is 0 Å². The van der Waals surface area contributed by atoms with E-state index in [0.717, 1.165) is 0 Å². The Balaban J connectivity index is 4.31. The first-order valence-electron chi connectivity index (χ1n) is 4.26. The molecule has 0 amide bonds. The van der Waals surface area contributed by atoms with Crippen LogP contribution in [-0.2, 0) is 13.6 Å². The van der Waals surface area contributed by atoms with Crippen LogP contribution in [-0.4, -0.2) is 19.4 Å². The summed E-state index contributed by atoms with van der Waals surface area (Å²) < 4.78 is 33.8. The quantitative estimate of drug-likeness (QED) is 0.632. The summed E-state index contributed by atoms with van der Waals surface area (Å²) >= 11 is 0. The van der Waals surface area contributed by atoms with Gasteiger partial charge in [0.05, 0.1) is 13.2 Å². The van der Waals surface area contributed by atoms with Gasteiger partial charge in [-0.25, -0.2) is 4.39 Å². The second-order valence-electron chi connectivity index (χ2n) is 2.39. The first-order valence-corrected chi connectivity index (χ1v) is 5.87. The molecule has 0 saturated carbocycles. The van der Waals surface area contributed by atoms with Crippen LogP contribution in [0.2, 0.25) is 0 Å². The molecule has 3 nitrogen and oxygen atoms in total. The van der Waals surface area contributed by atoms with Gasteiger partial charge in [0, 0.05) is 5.82 Å². The van der Waals surface area contributed by atoms with Crippen molar-refractivity contribution in [1.29, 1.82) is 0 Å². The second-order valence-corrected chi connectivity index (χ2v) is 4.29. The highest BCUT2D eigenvalue weighted by Crippen LogP contribution is 2.49. The zero-order valence-electron chi connectivity index (χ0n) is 8.20. The second kappa shape index (κ2) is 6.30. The van der Waals surface area contributed by atoms with Crippen LogP contribution >= 0.6 is 7.60 Å². The Morgan fingerprint density at radius 1 is 1.38 bits per heavy atom. The average molecular weight is 210 g/mol. The van der Waals surface area contributed by atoms with Crippen molar-refractivity contribution in [3.05, 3.63) is 11.9 Å². The first kappa shape index (κ1) is 12.8. The molecule has 0 aliphatic rings. The Morgan fingerprint density at radius 2 is 1.85 bits per heavy atom. The van der Waals surface area contributed by atoms with E-state index in [4.69, 9.17) is 9.05 Å². The van der Waals surface area contributed by atoms with Gasteiger partial charge in [-0.3, -0.25) is 4.57 Å². The minimum absolute atomic E-state index is 0.280. The van der Waals surface area contributed by atoms with Gasteiger partial charge in [0.2, 0.25) is 0 Å². The van der Waals surface area contributed by atoms with Crippen LogP contribution in [0.25, 0.3) is 0 Å². The predicted octanol–water partition coefficient (Wildman–Crippen LogP) is 3.12. The van der Waals surface area contributed by atoms with Crippen LogP contribution in [0, 0.1) is 0 Å². The van der Waals surface area contributed by atoms with E-state index in [9.17, 15) is 8.96 Å². The maximum atomic E-state index is 12.4. The summed E-state index contributed by atoms with van der Waals surface area (Å²) in [5.74, 6) is 1.17. The summed E-state index contributed by atoms with van der Waals surface area (Å²) in [6.45, 7) is 5.32. The summed E-state index contributed by atoms with van der Waals surface area (Å²) in [7, 11) is -3.19. The fourth-order valence-corrected chi connectivity index (χ4v) is 2.12. The molecule has 78 valence electrons. The van der Waals surface area contributed by atoms with E-state index >= 15 is 0 Å². The van der Waals surface area contributed by atoms with Gasteiger partial charge in [-0.1, -0.05) is 0 Å². The van der Waals surface area contributed by atoms with E-state index < -0.39 is 13.8 Å². The lowest BCUT2D eigenvalue weighted by atomic mass is 10.4. The molecular weight excluding hydrogens is 194 g/mol. The zero-order valence-corrected chi connectivity index (χ0v) is 9.09. The number of hydrogen-bond acceptors (Lipinski definition) is 3. The fraction of sp³-hybridized carbons (Fsp3) is 0.750. The van der Waals surface area contributed by atoms with Crippen molar-refractivity contribution in [1.82, 2.24) is 0 Å². The molecule has 0 aromatic rings. The lowest BCUT2D eigenvalue weighted by Gasteiger charge is -2.12. The van der Waals surface area contributed by atoms with E-state index in [0.29, 0.717) is 0 Å². The van der Waals surface area contributed by atoms with Crippen molar-refractivity contribution < 1.29 is 18.0 Å². The van der Waals surface area contributed by atoms with Crippen molar-refractivity contribution in [2.75, 3.05) is 13.2 Å². The predicted molar refractivity (Wildman–Crippen MR) is 50.6 cm³/mol. The normalized spacial score (nSPS) is 15.1. The third-order valence-electron chi connectivity index (χ3n) is 1.15. The molecule has 0 bridgehead atoms. The lowest BCUT2D eigenvalue weighted by molar-refractivity contribution is 0.228. The Bertz CT molecular complexity index is 194. The Hall–Kier alpha value is -0.180. The number of allylic oxidation sites excluding steroid dienone is 1. The van der Waals surface area contributed by atoms with Gasteiger partial charge < -0.3 is 9.05 Å². The van der Waals surface area contributed by atoms with Crippen molar-refractivity contribution in [3.8, 4) is 0 Å². The Kier molecular flexibility index (Phi) is 6.21. The van der Waals surface area contributed by atoms with Crippen LogP contribution < -0.4 is 0 Å². The standard InChI is InChI=1S/C8H16FO3P/c1-4-11-13(10,12-5-2)7-6-8(3)9/h6-8H,4-5H2,1-3H3/b7-6+. The molecule has 0 heterocycles. The van der Waals surface area contributed by atoms with Gasteiger partial charge in [-0.05, 0) is 26.8 Å². The van der Waals surface area contributed by atoms with Gasteiger partial charge in [0.15, 0.2) is 0 Å². The summed E-state index contributed by atoms with van der Waals surface area (Å²) in [5.41, 5.74) is 0. The minimum atomic E-state index is -3.19. The summed E-state index contributed by atoms with van der Waals surface area (Å²) in [4.78, 5) is 0. The Morgan fingerprint density at radius 3 is 2.15 bits per heavy atom. The highest BCUT2D eigenvalue weighted by Gasteiger charge is 2.18. The minimum Gasteiger partial charge on any atom is -0.306 e. The molecule has 0 aromatic carbocycles. The lowest BCUT2D eigenvalue weighted by Crippen LogP contribution is -1.94. The fourth-order valence-electron chi connectivity index (χ4n) is 0.707. The summed E-state index contributed by atoms with van der Waals surface area (Å²) in [5, 5.41) is 0. The molecule has 0 rings (SSSR count). The third-order valence-corrected chi connectivity index (χ3v) is 2.93. The van der Waals surface area contributed by atoms with Crippen LogP contribution in [0.15, 0.2) is 11.9 Å². The third kappa shape index (κ3) is 5.97. The SMILES string of the molecule is CCOP(=O)(/C=C/C(C)F)OCC. The van der Waals surface area contributed by atoms with Gasteiger partial charge in [-0.2, -0.15) is 0 Å². The summed E-state index contributed by atoms with van der Waals surface area (Å²) in [6, 6.07) is 0. The van der Waals surface area contributed by atoms with Gasteiger partial charge >= 0.3 is 7.60 Å². The molecule has 1 unspecified atom stereocenters. The molecule has 0 aromatic heterocycles. The van der Waals surface area contributed by atoms with E-state index in [2.05, 4.69) is 0 Å². The molecule has 0 N–H and O–H groups in total. The van der Waals surface area contributed by atoms with Crippen molar-refractivity contribution in [2.45, 2.75) is 26.9 Å². The molecule has 0 spiro atoms. The summed E-state index contributed by atoms with van der Waals surface area (Å²) in [6.07, 6.45) is 0.0285. The number of alkyl halides is 1. The Labute approximate surface area is 78.5 Å². The number of rotatable bonds is 6.